The Kier molecular flexibility index (Phi) is 4.14. The van der Waals surface area contributed by atoms with E-state index >= 15 is 0 Å². The number of nitrogens with zero attached hydrogens (tertiary/aromatic N) is 2. The third-order valence-electron chi connectivity index (χ3n) is 2.61. The van der Waals surface area contributed by atoms with Gasteiger partial charge in [-0.25, -0.2) is 9.48 Å². The second kappa shape index (κ2) is 6.01. The lowest BCUT2D eigenvalue weighted by molar-refractivity contribution is 0.0515. The Bertz CT molecular complexity index is 662. The molecule has 2 aromatic rings. The fraction of sp³-hybridized carbons (Fsp3) is 0.214. The maximum atomic E-state index is 11.6. The Labute approximate surface area is 115 Å². The molecule has 6 nitrogen and oxygen atoms in total. The van der Waals surface area contributed by atoms with Gasteiger partial charge in [0.25, 0.3) is 0 Å². The van der Waals surface area contributed by atoms with Gasteiger partial charge in [-0.05, 0) is 31.2 Å². The van der Waals surface area contributed by atoms with Crippen molar-refractivity contribution in [1.82, 2.24) is 9.78 Å². The summed E-state index contributed by atoms with van der Waals surface area (Å²) in [5.74, 6) is -0.0132. The van der Waals surface area contributed by atoms with Gasteiger partial charge in [-0.1, -0.05) is 0 Å². The summed E-state index contributed by atoms with van der Waals surface area (Å²) in [4.78, 5) is 23.3. The van der Waals surface area contributed by atoms with Crippen LogP contribution in [0.1, 0.15) is 17.4 Å². The third-order valence-corrected chi connectivity index (χ3v) is 2.61. The summed E-state index contributed by atoms with van der Waals surface area (Å²) in [6.45, 7) is 1.86. The number of hydrogen-bond acceptors (Lipinski definition) is 5. The van der Waals surface area contributed by atoms with Crippen molar-refractivity contribution in [3.8, 4) is 11.4 Å². The molecule has 1 heterocycles. The van der Waals surface area contributed by atoms with Gasteiger partial charge in [-0.15, -0.1) is 0 Å². The topological polar surface area (TPSA) is 70.4 Å². The summed E-state index contributed by atoms with van der Waals surface area (Å²) in [6.07, 6.45) is 1.49. The first-order valence-electron chi connectivity index (χ1n) is 6.07. The van der Waals surface area contributed by atoms with Crippen LogP contribution in [0.4, 0.5) is 0 Å². The molecule has 0 spiro atoms. The first-order chi connectivity index (χ1) is 9.65. The van der Waals surface area contributed by atoms with Crippen LogP contribution in [0.5, 0.6) is 5.75 Å². The Morgan fingerprint density at radius 1 is 1.25 bits per heavy atom. The highest BCUT2D eigenvalue weighted by Gasteiger charge is 2.14. The highest BCUT2D eigenvalue weighted by molar-refractivity contribution is 5.86. The standard InChI is InChI=1S/C14H14N2O4/c1-3-20-14(18)13-12(17)8-9-16(15-13)10-4-6-11(19-2)7-5-10/h4-9H,3H2,1-2H3. The van der Waals surface area contributed by atoms with Gasteiger partial charge in [-0.2, -0.15) is 5.10 Å². The maximum absolute atomic E-state index is 11.6. The Balaban J connectivity index is 2.39. The van der Waals surface area contributed by atoms with E-state index in [4.69, 9.17) is 9.47 Å². The second-order valence-corrected chi connectivity index (χ2v) is 3.89. The molecule has 0 radical (unpaired) electrons. The molecular weight excluding hydrogens is 260 g/mol. The van der Waals surface area contributed by atoms with Crippen molar-refractivity contribution in [3.05, 3.63) is 52.4 Å². The van der Waals surface area contributed by atoms with Crippen molar-refractivity contribution < 1.29 is 14.3 Å². The predicted octanol–water partition coefficient (Wildman–Crippen LogP) is 1.42. The highest BCUT2D eigenvalue weighted by atomic mass is 16.5. The molecule has 1 aromatic heterocycles. The zero-order chi connectivity index (χ0) is 14.5. The van der Waals surface area contributed by atoms with Crippen molar-refractivity contribution >= 4 is 5.97 Å². The first kappa shape index (κ1) is 13.8. The van der Waals surface area contributed by atoms with Gasteiger partial charge >= 0.3 is 5.97 Å². The molecule has 104 valence electrons. The number of rotatable bonds is 4. The molecule has 0 fully saturated rings. The molecule has 0 N–H and O–H groups in total. The Hall–Kier alpha value is -2.63. The summed E-state index contributed by atoms with van der Waals surface area (Å²) in [5, 5.41) is 4.01. The monoisotopic (exact) mass is 274 g/mol. The van der Waals surface area contributed by atoms with Crippen LogP contribution in [0.2, 0.25) is 0 Å². The van der Waals surface area contributed by atoms with Gasteiger partial charge in [0.1, 0.15) is 5.75 Å². The molecule has 0 atom stereocenters. The van der Waals surface area contributed by atoms with E-state index in [2.05, 4.69) is 5.10 Å². The molecule has 20 heavy (non-hydrogen) atoms. The van der Waals surface area contributed by atoms with Crippen LogP contribution >= 0.6 is 0 Å². The van der Waals surface area contributed by atoms with Crippen molar-refractivity contribution in [3.63, 3.8) is 0 Å². The number of carbonyl (C=O) groups is 1. The molecular formula is C14H14N2O4. The quantitative estimate of drug-likeness (QED) is 0.788. The third kappa shape index (κ3) is 2.85. The van der Waals surface area contributed by atoms with Crippen LogP contribution in [-0.4, -0.2) is 29.5 Å². The first-order valence-corrected chi connectivity index (χ1v) is 6.07. The number of esters is 1. The minimum absolute atomic E-state index is 0.192. The maximum Gasteiger partial charge on any atom is 0.362 e. The largest absolute Gasteiger partial charge is 0.497 e. The smallest absolute Gasteiger partial charge is 0.362 e. The minimum atomic E-state index is -0.722. The van der Waals surface area contributed by atoms with E-state index in [-0.39, 0.29) is 12.3 Å². The summed E-state index contributed by atoms with van der Waals surface area (Å²) >= 11 is 0. The molecule has 0 saturated heterocycles. The predicted molar refractivity (Wildman–Crippen MR) is 72.3 cm³/mol. The van der Waals surface area contributed by atoms with Gasteiger partial charge in [0.2, 0.25) is 11.1 Å². The molecule has 0 saturated carbocycles. The van der Waals surface area contributed by atoms with Crippen LogP contribution in [0.3, 0.4) is 0 Å². The molecule has 0 bridgehead atoms. The number of benzene rings is 1. The van der Waals surface area contributed by atoms with Crippen molar-refractivity contribution in [2.75, 3.05) is 13.7 Å². The molecule has 0 aliphatic heterocycles. The van der Waals surface area contributed by atoms with Gasteiger partial charge < -0.3 is 9.47 Å². The van der Waals surface area contributed by atoms with Gasteiger partial charge in [0.15, 0.2) is 0 Å². The van der Waals surface area contributed by atoms with E-state index < -0.39 is 11.4 Å². The molecule has 6 heteroatoms. The number of carbonyl (C=O) groups excluding carboxylic acids is 1. The van der Waals surface area contributed by atoms with Crippen molar-refractivity contribution in [2.24, 2.45) is 0 Å². The SMILES string of the molecule is CCOC(=O)c1nn(-c2ccc(OC)cc2)ccc1=O. The zero-order valence-corrected chi connectivity index (χ0v) is 11.2. The number of methoxy groups -OCH3 is 1. The molecule has 0 aliphatic carbocycles. The van der Waals surface area contributed by atoms with Crippen LogP contribution in [0.25, 0.3) is 5.69 Å². The molecule has 0 aliphatic rings. The number of hydrogen-bond donors (Lipinski definition) is 0. The Morgan fingerprint density at radius 3 is 2.55 bits per heavy atom. The zero-order valence-electron chi connectivity index (χ0n) is 11.2. The van der Waals surface area contributed by atoms with E-state index in [1.807, 2.05) is 0 Å². The lowest BCUT2D eigenvalue weighted by Crippen LogP contribution is -2.22. The van der Waals surface area contributed by atoms with E-state index in [9.17, 15) is 9.59 Å². The normalized spacial score (nSPS) is 10.1. The van der Waals surface area contributed by atoms with Gasteiger partial charge in [0.05, 0.1) is 19.4 Å². The fourth-order valence-electron chi connectivity index (χ4n) is 1.63. The van der Waals surface area contributed by atoms with E-state index in [0.717, 1.165) is 0 Å². The average Bonchev–Trinajstić information content (AvgIpc) is 2.48. The van der Waals surface area contributed by atoms with E-state index in [1.54, 1.807) is 38.3 Å². The summed E-state index contributed by atoms with van der Waals surface area (Å²) in [5.41, 5.74) is 0.00901. The van der Waals surface area contributed by atoms with Crippen LogP contribution in [-0.2, 0) is 4.74 Å². The van der Waals surface area contributed by atoms with Crippen molar-refractivity contribution in [2.45, 2.75) is 6.92 Å². The van der Waals surface area contributed by atoms with E-state index in [0.29, 0.717) is 11.4 Å². The lowest BCUT2D eigenvalue weighted by atomic mass is 10.3. The number of aromatic nitrogens is 2. The molecule has 0 amide bonds. The minimum Gasteiger partial charge on any atom is -0.497 e. The summed E-state index contributed by atoms with van der Waals surface area (Å²) < 4.78 is 11.3. The second-order valence-electron chi connectivity index (χ2n) is 3.89. The van der Waals surface area contributed by atoms with E-state index in [1.165, 1.54) is 16.9 Å². The lowest BCUT2D eigenvalue weighted by Gasteiger charge is -2.07. The molecule has 1 aromatic carbocycles. The van der Waals surface area contributed by atoms with Crippen LogP contribution < -0.4 is 10.2 Å². The molecule has 0 unspecified atom stereocenters. The Morgan fingerprint density at radius 2 is 1.95 bits per heavy atom. The summed E-state index contributed by atoms with van der Waals surface area (Å²) in [6, 6.07) is 8.35. The number of ether oxygens (including phenoxy) is 2. The van der Waals surface area contributed by atoms with Crippen LogP contribution in [0, 0.1) is 0 Å². The molecule has 2 rings (SSSR count). The highest BCUT2D eigenvalue weighted by Crippen LogP contribution is 2.13. The van der Waals surface area contributed by atoms with Gasteiger partial charge in [-0.3, -0.25) is 4.79 Å². The summed E-state index contributed by atoms with van der Waals surface area (Å²) in [7, 11) is 1.57. The average molecular weight is 274 g/mol. The van der Waals surface area contributed by atoms with Crippen molar-refractivity contribution in [1.29, 1.82) is 0 Å². The fourth-order valence-corrected chi connectivity index (χ4v) is 1.63. The van der Waals surface area contributed by atoms with Gasteiger partial charge in [0, 0.05) is 12.3 Å². The van der Waals surface area contributed by atoms with Crippen LogP contribution in [0.15, 0.2) is 41.3 Å².